The van der Waals surface area contributed by atoms with E-state index in [1.54, 1.807) is 51.2 Å². The number of amides is 2. The lowest BCUT2D eigenvalue weighted by molar-refractivity contribution is 0.0218. The minimum Gasteiger partial charge on any atom is -0.443 e. The number of nitrogens with zero attached hydrogens (tertiary/aromatic N) is 3. The Labute approximate surface area is 178 Å². The van der Waals surface area contributed by atoms with Crippen LogP contribution in [0.1, 0.15) is 49.2 Å². The number of carbonyl (C=O) groups is 2. The number of carbonyl (C=O) groups excluding carboxylic acids is 2. The van der Waals surface area contributed by atoms with E-state index in [0.717, 1.165) is 4.90 Å². The molecule has 31 heavy (non-hydrogen) atoms. The Morgan fingerprint density at radius 3 is 2.84 bits per heavy atom. The fourth-order valence-corrected chi connectivity index (χ4v) is 3.74. The fourth-order valence-electron chi connectivity index (χ4n) is 3.74. The molecule has 1 aliphatic rings. The molecule has 0 fully saturated rings. The first-order valence-electron chi connectivity index (χ1n) is 9.98. The number of imide groups is 1. The first kappa shape index (κ1) is 20.7. The van der Waals surface area contributed by atoms with Gasteiger partial charge in [0.05, 0.1) is 11.1 Å². The standard InChI is InChI=1S/C23H23FN4O3/c1-5-6-13-12-28(22(30)31-23(2,3)4)21(29)15-11-17(26-19(13)15)14-9-10-25-16-7-8-18(24)27-20(14)16/h5,7-11,13,26H,1,6,12H2,2-4H3. The predicted molar refractivity (Wildman–Crippen MR) is 114 cm³/mol. The Kier molecular flexibility index (Phi) is 5.08. The third-order valence-electron chi connectivity index (χ3n) is 5.04. The van der Waals surface area contributed by atoms with Crippen LogP contribution in [0.4, 0.5) is 9.18 Å². The third-order valence-corrected chi connectivity index (χ3v) is 5.04. The van der Waals surface area contributed by atoms with E-state index in [1.165, 1.54) is 6.07 Å². The van der Waals surface area contributed by atoms with E-state index >= 15 is 0 Å². The van der Waals surface area contributed by atoms with Gasteiger partial charge in [-0.25, -0.2) is 14.7 Å². The highest BCUT2D eigenvalue weighted by Gasteiger charge is 2.38. The van der Waals surface area contributed by atoms with Gasteiger partial charge in [0.1, 0.15) is 11.1 Å². The van der Waals surface area contributed by atoms with Crippen LogP contribution < -0.4 is 0 Å². The van der Waals surface area contributed by atoms with Crippen LogP contribution in [0.5, 0.6) is 0 Å². The van der Waals surface area contributed by atoms with Gasteiger partial charge in [-0.15, -0.1) is 6.58 Å². The van der Waals surface area contributed by atoms with Gasteiger partial charge in [-0.1, -0.05) is 6.08 Å². The molecule has 1 aliphatic heterocycles. The number of halogens is 1. The molecular weight excluding hydrogens is 399 g/mol. The molecule has 8 heteroatoms. The van der Waals surface area contributed by atoms with E-state index < -0.39 is 23.5 Å². The van der Waals surface area contributed by atoms with Crippen molar-refractivity contribution in [2.45, 2.75) is 38.7 Å². The largest absolute Gasteiger partial charge is 0.443 e. The summed E-state index contributed by atoms with van der Waals surface area (Å²) in [6, 6.07) is 6.19. The zero-order chi connectivity index (χ0) is 22.3. The lowest BCUT2D eigenvalue weighted by atomic mass is 9.93. The van der Waals surface area contributed by atoms with Crippen molar-refractivity contribution < 1.29 is 18.7 Å². The van der Waals surface area contributed by atoms with Gasteiger partial charge in [0.15, 0.2) is 0 Å². The van der Waals surface area contributed by atoms with E-state index in [0.29, 0.717) is 40.0 Å². The molecule has 7 nitrogen and oxygen atoms in total. The monoisotopic (exact) mass is 422 g/mol. The molecule has 1 N–H and O–H groups in total. The molecule has 160 valence electrons. The number of fused-ring (bicyclic) bond motifs is 2. The Balaban J connectivity index is 1.79. The molecule has 1 atom stereocenters. The summed E-state index contributed by atoms with van der Waals surface area (Å²) in [6.07, 6.45) is 3.23. The molecule has 0 aromatic carbocycles. The summed E-state index contributed by atoms with van der Waals surface area (Å²) in [7, 11) is 0. The van der Waals surface area contributed by atoms with E-state index in [2.05, 4.69) is 21.5 Å². The van der Waals surface area contributed by atoms with Crippen LogP contribution in [0.3, 0.4) is 0 Å². The third kappa shape index (κ3) is 3.93. The van der Waals surface area contributed by atoms with Gasteiger partial charge in [-0.2, -0.15) is 4.39 Å². The predicted octanol–water partition coefficient (Wildman–Crippen LogP) is 4.81. The minimum absolute atomic E-state index is 0.163. The van der Waals surface area contributed by atoms with Gasteiger partial charge in [0.2, 0.25) is 5.95 Å². The lowest BCUT2D eigenvalue weighted by Crippen LogP contribution is -2.45. The van der Waals surface area contributed by atoms with Gasteiger partial charge in [0.25, 0.3) is 5.91 Å². The summed E-state index contributed by atoms with van der Waals surface area (Å²) < 4.78 is 19.2. The number of hydrogen-bond acceptors (Lipinski definition) is 5. The van der Waals surface area contributed by atoms with Crippen molar-refractivity contribution in [3.05, 3.63) is 60.3 Å². The van der Waals surface area contributed by atoms with Gasteiger partial charge in [-0.3, -0.25) is 9.78 Å². The second kappa shape index (κ2) is 7.61. The number of nitrogens with one attached hydrogen (secondary N) is 1. The number of H-pyrrole nitrogens is 1. The van der Waals surface area contributed by atoms with Gasteiger partial charge < -0.3 is 9.72 Å². The van der Waals surface area contributed by atoms with Crippen molar-refractivity contribution in [2.75, 3.05) is 6.54 Å². The van der Waals surface area contributed by atoms with Crippen LogP contribution in [-0.4, -0.2) is 44.0 Å². The van der Waals surface area contributed by atoms with E-state index in [1.807, 2.05) is 0 Å². The molecule has 1 unspecified atom stereocenters. The van der Waals surface area contributed by atoms with Gasteiger partial charge in [0, 0.05) is 35.6 Å². The van der Waals surface area contributed by atoms with E-state index in [4.69, 9.17) is 4.74 Å². The van der Waals surface area contributed by atoms with Crippen LogP contribution in [0.2, 0.25) is 0 Å². The van der Waals surface area contributed by atoms with Crippen LogP contribution in [0.15, 0.2) is 43.1 Å². The minimum atomic E-state index is -0.722. The summed E-state index contributed by atoms with van der Waals surface area (Å²) in [5.74, 6) is -1.22. The first-order chi connectivity index (χ1) is 14.7. The number of aromatic amines is 1. The summed E-state index contributed by atoms with van der Waals surface area (Å²) in [4.78, 5) is 38.4. The SMILES string of the molecule is C=CCC1CN(C(=O)OC(C)(C)C)C(=O)c2cc(-c3ccnc4ccc(F)nc34)[nH]c21. The zero-order valence-corrected chi connectivity index (χ0v) is 17.6. The quantitative estimate of drug-likeness (QED) is 0.483. The van der Waals surface area contributed by atoms with Crippen molar-refractivity contribution in [3.8, 4) is 11.3 Å². The summed E-state index contributed by atoms with van der Waals surface area (Å²) in [6.45, 7) is 9.23. The average molecular weight is 422 g/mol. The maximum Gasteiger partial charge on any atom is 0.417 e. The number of rotatable bonds is 3. The Morgan fingerprint density at radius 2 is 2.13 bits per heavy atom. The van der Waals surface area contributed by atoms with E-state index in [9.17, 15) is 14.0 Å². The van der Waals surface area contributed by atoms with Gasteiger partial charge in [-0.05, 0) is 51.5 Å². The molecule has 4 rings (SSSR count). The van der Waals surface area contributed by atoms with Crippen LogP contribution in [0.25, 0.3) is 22.3 Å². The number of ether oxygens (including phenoxy) is 1. The molecule has 0 saturated carbocycles. The highest BCUT2D eigenvalue weighted by atomic mass is 19.1. The second-order valence-electron chi connectivity index (χ2n) is 8.49. The van der Waals surface area contributed by atoms with Crippen molar-refractivity contribution in [2.24, 2.45) is 0 Å². The molecule has 0 aliphatic carbocycles. The second-order valence-corrected chi connectivity index (χ2v) is 8.49. The highest BCUT2D eigenvalue weighted by molar-refractivity contribution is 6.06. The van der Waals surface area contributed by atoms with Crippen molar-refractivity contribution in [3.63, 3.8) is 0 Å². The summed E-state index contributed by atoms with van der Waals surface area (Å²) in [5, 5.41) is 0. The Hall–Kier alpha value is -3.55. The summed E-state index contributed by atoms with van der Waals surface area (Å²) >= 11 is 0. The molecular formula is C23H23FN4O3. The van der Waals surface area contributed by atoms with Crippen LogP contribution in [0, 0.1) is 5.95 Å². The van der Waals surface area contributed by atoms with E-state index in [-0.39, 0.29) is 12.5 Å². The normalized spacial score (nSPS) is 16.3. The van der Waals surface area contributed by atoms with Gasteiger partial charge >= 0.3 is 6.09 Å². The smallest absolute Gasteiger partial charge is 0.417 e. The molecule has 3 aromatic rings. The van der Waals surface area contributed by atoms with Crippen molar-refractivity contribution in [1.82, 2.24) is 19.9 Å². The molecule has 0 saturated heterocycles. The topological polar surface area (TPSA) is 88.2 Å². The number of pyridine rings is 2. The molecule has 2 amide bonds. The van der Waals surface area contributed by atoms with Crippen LogP contribution >= 0.6 is 0 Å². The molecule has 0 radical (unpaired) electrons. The average Bonchev–Trinajstić information content (AvgIpc) is 3.14. The Bertz CT molecular complexity index is 1200. The highest BCUT2D eigenvalue weighted by Crippen LogP contribution is 2.36. The first-order valence-corrected chi connectivity index (χ1v) is 9.98. The number of hydrogen-bond donors (Lipinski definition) is 1. The summed E-state index contributed by atoms with van der Waals surface area (Å²) in [5.41, 5.74) is 2.51. The lowest BCUT2D eigenvalue weighted by Gasteiger charge is -2.32. The zero-order valence-electron chi connectivity index (χ0n) is 17.6. The molecule has 3 aromatic heterocycles. The molecule has 0 bridgehead atoms. The maximum atomic E-state index is 13.8. The molecule has 4 heterocycles. The van der Waals surface area contributed by atoms with Crippen molar-refractivity contribution >= 4 is 23.0 Å². The van der Waals surface area contributed by atoms with Crippen molar-refractivity contribution in [1.29, 1.82) is 0 Å². The number of allylic oxidation sites excluding steroid dienone is 1. The van der Waals surface area contributed by atoms with Crippen LogP contribution in [-0.2, 0) is 4.74 Å². The maximum absolute atomic E-state index is 13.8. The Morgan fingerprint density at radius 1 is 1.35 bits per heavy atom. The molecule has 0 spiro atoms. The number of aromatic nitrogens is 3. The fraction of sp³-hybridized carbons (Fsp3) is 0.304.